The van der Waals surface area contributed by atoms with Gasteiger partial charge in [-0.05, 0) is 19.4 Å². The average molecular weight is 250 g/mol. The molecule has 3 nitrogen and oxygen atoms in total. The first-order valence-corrected chi connectivity index (χ1v) is 6.59. The molecule has 0 unspecified atom stereocenters. The molecule has 0 saturated carbocycles. The monoisotopic (exact) mass is 250 g/mol. The van der Waals surface area contributed by atoms with Crippen LogP contribution in [0.3, 0.4) is 0 Å². The van der Waals surface area contributed by atoms with Crippen LogP contribution >= 0.6 is 0 Å². The summed E-state index contributed by atoms with van der Waals surface area (Å²) < 4.78 is 0. The lowest BCUT2D eigenvalue weighted by Crippen LogP contribution is -2.43. The van der Waals surface area contributed by atoms with Crippen LogP contribution in [0.1, 0.15) is 46.9 Å². The van der Waals surface area contributed by atoms with Gasteiger partial charge < -0.3 is 4.98 Å². The molecular formula is C15H26N2O. The minimum absolute atomic E-state index is 0.0903. The van der Waals surface area contributed by atoms with Gasteiger partial charge in [-0.25, -0.2) is 4.98 Å². The molecule has 0 bridgehead atoms. The van der Waals surface area contributed by atoms with Gasteiger partial charge in [0.2, 0.25) is 0 Å². The van der Waals surface area contributed by atoms with Crippen molar-refractivity contribution in [3.8, 4) is 0 Å². The molecule has 1 aromatic heterocycles. The van der Waals surface area contributed by atoms with Crippen molar-refractivity contribution >= 4 is 12.2 Å². The van der Waals surface area contributed by atoms with E-state index in [4.69, 9.17) is 0 Å². The molecule has 1 heterocycles. The van der Waals surface area contributed by atoms with Crippen molar-refractivity contribution in [2.45, 2.75) is 48.0 Å². The fourth-order valence-corrected chi connectivity index (χ4v) is 1.26. The minimum Gasteiger partial charge on any atom is -0.310 e. The minimum atomic E-state index is -0.0903. The van der Waals surface area contributed by atoms with E-state index in [1.807, 2.05) is 40.7 Å². The number of allylic oxidation sites excluding steroid dienone is 1. The number of nitrogens with zero attached hydrogens (tertiary/aromatic N) is 1. The lowest BCUT2D eigenvalue weighted by atomic mass is 10.3. The number of rotatable bonds is 2. The van der Waals surface area contributed by atoms with Gasteiger partial charge in [-0.3, -0.25) is 4.79 Å². The summed E-state index contributed by atoms with van der Waals surface area (Å²) in [5.41, 5.74) is -0.0903. The van der Waals surface area contributed by atoms with E-state index in [1.165, 1.54) is 0 Å². The van der Waals surface area contributed by atoms with Crippen molar-refractivity contribution in [2.75, 3.05) is 0 Å². The highest BCUT2D eigenvalue weighted by Crippen LogP contribution is 1.73. The first-order chi connectivity index (χ1) is 8.69. The number of H-pyrrole nitrogens is 1. The van der Waals surface area contributed by atoms with Crippen LogP contribution in [0.2, 0.25) is 0 Å². The Morgan fingerprint density at radius 1 is 1.28 bits per heavy atom. The number of nitrogens with one attached hydrogen (secondary N) is 1. The predicted octanol–water partition coefficient (Wildman–Crippen LogP) is 2.29. The molecule has 0 atom stereocenters. The second-order valence-electron chi connectivity index (χ2n) is 2.96. The largest absolute Gasteiger partial charge is 0.310 e. The Morgan fingerprint density at radius 2 is 1.83 bits per heavy atom. The summed E-state index contributed by atoms with van der Waals surface area (Å²) in [5.74, 6) is 0.622. The van der Waals surface area contributed by atoms with Crippen LogP contribution < -0.4 is 16.1 Å². The van der Waals surface area contributed by atoms with E-state index < -0.39 is 0 Å². The van der Waals surface area contributed by atoms with E-state index in [2.05, 4.69) is 16.5 Å². The molecule has 0 aromatic carbocycles. The van der Waals surface area contributed by atoms with Gasteiger partial charge >= 0.3 is 0 Å². The molecule has 0 fully saturated rings. The van der Waals surface area contributed by atoms with Gasteiger partial charge in [0.25, 0.3) is 5.56 Å². The van der Waals surface area contributed by atoms with Gasteiger partial charge in [0.15, 0.2) is 0 Å². The summed E-state index contributed by atoms with van der Waals surface area (Å²) in [6.45, 7) is 15.3. The highest BCUT2D eigenvalue weighted by Gasteiger charge is 1.93. The van der Waals surface area contributed by atoms with Crippen molar-refractivity contribution < 1.29 is 0 Å². The highest BCUT2D eigenvalue weighted by atomic mass is 16.1. The van der Waals surface area contributed by atoms with E-state index >= 15 is 0 Å². The maximum absolute atomic E-state index is 11.5. The van der Waals surface area contributed by atoms with Crippen LogP contribution in [-0.2, 0) is 0 Å². The second kappa shape index (κ2) is 11.8. The summed E-state index contributed by atoms with van der Waals surface area (Å²) in [7, 11) is 0. The lowest BCUT2D eigenvalue weighted by molar-refractivity contribution is 0.970. The third-order valence-corrected chi connectivity index (χ3v) is 1.79. The molecule has 18 heavy (non-hydrogen) atoms. The molecule has 0 spiro atoms. The van der Waals surface area contributed by atoms with Gasteiger partial charge in [-0.2, -0.15) is 0 Å². The summed E-state index contributed by atoms with van der Waals surface area (Å²) in [4.78, 5) is 18.4. The first-order valence-electron chi connectivity index (χ1n) is 6.59. The third kappa shape index (κ3) is 6.18. The number of hydrogen-bond donors (Lipinski definition) is 1. The molecule has 102 valence electrons. The van der Waals surface area contributed by atoms with Crippen molar-refractivity contribution in [1.82, 2.24) is 9.97 Å². The molecule has 1 aromatic rings. The van der Waals surface area contributed by atoms with E-state index in [0.29, 0.717) is 16.4 Å². The highest BCUT2D eigenvalue weighted by molar-refractivity contribution is 5.35. The molecule has 0 aliphatic heterocycles. The molecule has 1 N–H and O–H groups in total. The second-order valence-corrected chi connectivity index (χ2v) is 2.96. The van der Waals surface area contributed by atoms with Gasteiger partial charge in [0.1, 0.15) is 5.82 Å². The zero-order chi connectivity index (χ0) is 14.6. The molecule has 0 aliphatic carbocycles. The maximum atomic E-state index is 11.5. The van der Waals surface area contributed by atoms with Crippen molar-refractivity contribution in [2.24, 2.45) is 0 Å². The lowest BCUT2D eigenvalue weighted by Gasteiger charge is -1.92. The van der Waals surface area contributed by atoms with Crippen LogP contribution in [0.5, 0.6) is 0 Å². The van der Waals surface area contributed by atoms with E-state index in [0.717, 1.165) is 6.42 Å². The predicted molar refractivity (Wildman–Crippen MR) is 81.0 cm³/mol. The Kier molecular flexibility index (Phi) is 12.3. The quantitative estimate of drug-likeness (QED) is 0.875. The molecule has 3 heteroatoms. The van der Waals surface area contributed by atoms with Gasteiger partial charge in [-0.15, -0.1) is 0 Å². The molecule has 0 saturated heterocycles. The average Bonchev–Trinajstić information content (AvgIpc) is 2.39. The van der Waals surface area contributed by atoms with Gasteiger partial charge in [0.05, 0.1) is 10.6 Å². The normalized spacial score (nSPS) is 11.0. The zero-order valence-corrected chi connectivity index (χ0v) is 12.5. The Morgan fingerprint density at radius 3 is 2.28 bits per heavy atom. The Bertz CT molecular complexity index is 498. The molecule has 1 rings (SSSR count). The number of aromatic nitrogens is 2. The fourth-order valence-electron chi connectivity index (χ4n) is 1.26. The third-order valence-electron chi connectivity index (χ3n) is 1.79. The SMILES string of the molecule is C=C/C=c1/nc(C)[nH]c(=O)/c1=C/CC.CC.CC. The van der Waals surface area contributed by atoms with Gasteiger partial charge in [0, 0.05) is 0 Å². The number of aryl methyl sites for hydroxylation is 1. The van der Waals surface area contributed by atoms with Crippen molar-refractivity contribution in [1.29, 1.82) is 0 Å². The van der Waals surface area contributed by atoms with Crippen LogP contribution in [0.25, 0.3) is 12.2 Å². The first kappa shape index (κ1) is 18.7. The molecule has 0 aliphatic rings. The van der Waals surface area contributed by atoms with E-state index in [9.17, 15) is 4.79 Å². The van der Waals surface area contributed by atoms with Crippen LogP contribution in [-0.4, -0.2) is 9.97 Å². The topological polar surface area (TPSA) is 45.8 Å². The summed E-state index contributed by atoms with van der Waals surface area (Å²) in [6, 6.07) is 0. The Hall–Kier alpha value is -1.64. The van der Waals surface area contributed by atoms with Crippen LogP contribution in [0.15, 0.2) is 17.4 Å². The van der Waals surface area contributed by atoms with Crippen molar-refractivity contribution in [3.63, 3.8) is 0 Å². The Labute approximate surface area is 110 Å². The Balaban J connectivity index is 0. The fraction of sp³-hybridized carbons (Fsp3) is 0.467. The summed E-state index contributed by atoms with van der Waals surface area (Å²) >= 11 is 0. The maximum Gasteiger partial charge on any atom is 0.258 e. The smallest absolute Gasteiger partial charge is 0.258 e. The van der Waals surface area contributed by atoms with Gasteiger partial charge in [-0.1, -0.05) is 53.3 Å². The molecule has 0 amide bonds. The summed E-state index contributed by atoms with van der Waals surface area (Å²) in [6.07, 6.45) is 6.05. The van der Waals surface area contributed by atoms with Crippen LogP contribution in [0, 0.1) is 6.92 Å². The number of hydrogen-bond acceptors (Lipinski definition) is 2. The standard InChI is InChI=1S/C11H14N2O.2C2H6/c1-4-6-9-10(7-5-2)12-8(3)13-11(9)14;2*1-2/h5-7H,2,4H2,1,3H3,(H,12,13,14);2*1-2H3/b9-6+,10-7+;;. The number of aromatic amines is 1. The summed E-state index contributed by atoms with van der Waals surface area (Å²) in [5, 5.41) is 1.31. The molecular weight excluding hydrogens is 224 g/mol. The van der Waals surface area contributed by atoms with E-state index in [1.54, 1.807) is 19.1 Å². The zero-order valence-electron chi connectivity index (χ0n) is 12.5. The molecule has 0 radical (unpaired) electrons. The van der Waals surface area contributed by atoms with Crippen LogP contribution in [0.4, 0.5) is 0 Å². The van der Waals surface area contributed by atoms with E-state index in [-0.39, 0.29) is 5.56 Å². The van der Waals surface area contributed by atoms with Crippen molar-refractivity contribution in [3.05, 3.63) is 39.4 Å².